The van der Waals surface area contributed by atoms with Gasteiger partial charge in [-0.3, -0.25) is 15.5 Å². The Morgan fingerprint density at radius 3 is 2.10 bits per heavy atom. The van der Waals surface area contributed by atoms with Crippen molar-refractivity contribution in [2.24, 2.45) is 5.84 Å². The topological polar surface area (TPSA) is 87.5 Å². The lowest BCUT2D eigenvalue weighted by atomic mass is 10.0. The van der Waals surface area contributed by atoms with Crippen LogP contribution in [-0.2, 0) is 17.8 Å². The molecule has 3 aromatic rings. The van der Waals surface area contributed by atoms with Crippen molar-refractivity contribution in [3.63, 3.8) is 0 Å². The summed E-state index contributed by atoms with van der Waals surface area (Å²) in [6.45, 7) is 0.256. The molecule has 1 aliphatic heterocycles. The lowest BCUT2D eigenvalue weighted by Gasteiger charge is -2.14. The summed E-state index contributed by atoms with van der Waals surface area (Å²) in [5.41, 5.74) is 7.45. The number of carbonyl (C=O) groups excluding carboxylic acids is 2. The summed E-state index contributed by atoms with van der Waals surface area (Å²) < 4.78 is 0. The van der Waals surface area contributed by atoms with E-state index in [2.05, 4.69) is 10.7 Å². The van der Waals surface area contributed by atoms with Gasteiger partial charge in [-0.15, -0.1) is 0 Å². The number of hydrogen-bond donors (Lipinski definition) is 3. The Kier molecular flexibility index (Phi) is 5.27. The number of nitrogen functional groups attached to an aromatic ring is 1. The number of carbonyl (C=O) groups is 2. The van der Waals surface area contributed by atoms with E-state index in [1.807, 2.05) is 78.9 Å². The van der Waals surface area contributed by atoms with Crippen LogP contribution in [-0.4, -0.2) is 22.9 Å². The number of hydrogen-bond acceptors (Lipinski definition) is 4. The van der Waals surface area contributed by atoms with Crippen LogP contribution in [0.15, 0.2) is 78.9 Å². The number of anilines is 1. The van der Waals surface area contributed by atoms with E-state index in [0.717, 1.165) is 27.9 Å². The summed E-state index contributed by atoms with van der Waals surface area (Å²) in [5, 5.41) is 2.79. The fourth-order valence-electron chi connectivity index (χ4n) is 3.45. The molecule has 4 N–H and O–H groups in total. The van der Waals surface area contributed by atoms with E-state index in [9.17, 15) is 9.59 Å². The molecule has 0 aliphatic carbocycles. The Morgan fingerprint density at radius 2 is 1.45 bits per heavy atom. The number of amides is 3. The largest absolute Gasteiger partial charge is 0.325 e. The molecule has 146 valence electrons. The second kappa shape index (κ2) is 8.16. The van der Waals surface area contributed by atoms with Gasteiger partial charge in [0.05, 0.1) is 6.54 Å². The minimum atomic E-state index is -0.553. The minimum absolute atomic E-state index is 0.205. The summed E-state index contributed by atoms with van der Waals surface area (Å²) in [6.07, 6.45) is 0.443. The first-order chi connectivity index (χ1) is 14.1. The predicted octanol–water partition coefficient (Wildman–Crippen LogP) is 3.30. The van der Waals surface area contributed by atoms with Crippen LogP contribution in [0.5, 0.6) is 0 Å². The molecule has 0 spiro atoms. The van der Waals surface area contributed by atoms with Crippen LogP contribution < -0.4 is 16.6 Å². The van der Waals surface area contributed by atoms with Gasteiger partial charge in [0.15, 0.2) is 0 Å². The highest BCUT2D eigenvalue weighted by Gasteiger charge is 2.37. The molecule has 4 rings (SSSR count). The normalized spacial score (nSPS) is 16.0. The van der Waals surface area contributed by atoms with E-state index in [-0.39, 0.29) is 18.5 Å². The Morgan fingerprint density at radius 1 is 0.828 bits per heavy atom. The number of nitrogens with zero attached hydrogens (tertiary/aromatic N) is 1. The van der Waals surface area contributed by atoms with Gasteiger partial charge in [-0.1, -0.05) is 66.7 Å². The molecule has 0 bridgehead atoms. The van der Waals surface area contributed by atoms with Crippen LogP contribution in [0, 0.1) is 0 Å². The van der Waals surface area contributed by atoms with E-state index >= 15 is 0 Å². The van der Waals surface area contributed by atoms with Crippen LogP contribution in [0.25, 0.3) is 11.1 Å². The number of hydrazine groups is 1. The van der Waals surface area contributed by atoms with Crippen molar-refractivity contribution in [2.75, 3.05) is 5.43 Å². The van der Waals surface area contributed by atoms with Gasteiger partial charge in [-0.25, -0.2) is 4.79 Å². The molecule has 1 saturated heterocycles. The lowest BCUT2D eigenvalue weighted by Crippen LogP contribution is -2.32. The second-order valence-corrected chi connectivity index (χ2v) is 7.03. The summed E-state index contributed by atoms with van der Waals surface area (Å²) in [7, 11) is 0. The van der Waals surface area contributed by atoms with Gasteiger partial charge >= 0.3 is 6.03 Å². The molecule has 1 aliphatic rings. The molecule has 1 fully saturated rings. The number of rotatable bonds is 6. The van der Waals surface area contributed by atoms with Crippen LogP contribution in [0.2, 0.25) is 0 Å². The first-order valence-electron chi connectivity index (χ1n) is 9.46. The van der Waals surface area contributed by atoms with Crippen LogP contribution >= 0.6 is 0 Å². The molecule has 3 amide bonds. The maximum Gasteiger partial charge on any atom is 0.325 e. The third-order valence-electron chi connectivity index (χ3n) is 5.07. The van der Waals surface area contributed by atoms with E-state index in [1.54, 1.807) is 0 Å². The summed E-state index contributed by atoms with van der Waals surface area (Å²) in [5.74, 6) is 5.16. The molecule has 0 radical (unpaired) electrons. The molecule has 6 nitrogen and oxygen atoms in total. The lowest BCUT2D eigenvalue weighted by molar-refractivity contribution is -0.127. The number of urea groups is 1. The molecular weight excluding hydrogens is 364 g/mol. The molecule has 3 aromatic carbocycles. The molecule has 0 aromatic heterocycles. The maximum absolute atomic E-state index is 12.7. The molecule has 0 saturated carbocycles. The second-order valence-electron chi connectivity index (χ2n) is 7.03. The van der Waals surface area contributed by atoms with Crippen molar-refractivity contribution in [1.29, 1.82) is 0 Å². The maximum atomic E-state index is 12.7. The quantitative estimate of drug-likeness (QED) is 0.345. The third-order valence-corrected chi connectivity index (χ3v) is 5.07. The zero-order valence-electron chi connectivity index (χ0n) is 15.8. The van der Waals surface area contributed by atoms with Crippen molar-refractivity contribution < 1.29 is 9.59 Å². The van der Waals surface area contributed by atoms with Gasteiger partial charge < -0.3 is 10.7 Å². The monoisotopic (exact) mass is 386 g/mol. The minimum Gasteiger partial charge on any atom is -0.325 e. The smallest absolute Gasteiger partial charge is 0.325 e. The van der Waals surface area contributed by atoms with Crippen molar-refractivity contribution in [3.05, 3.63) is 90.0 Å². The molecule has 6 heteroatoms. The van der Waals surface area contributed by atoms with Gasteiger partial charge in [-0.2, -0.15) is 0 Å². The third kappa shape index (κ3) is 4.12. The fraction of sp³-hybridized carbons (Fsp3) is 0.130. The fourth-order valence-corrected chi connectivity index (χ4v) is 3.45. The van der Waals surface area contributed by atoms with E-state index < -0.39 is 6.04 Å². The van der Waals surface area contributed by atoms with Crippen molar-refractivity contribution in [2.45, 2.75) is 19.0 Å². The number of nitrogens with two attached hydrogens (primary N) is 1. The standard InChI is InChI=1S/C23H22N4O2/c24-26-20-12-8-16(9-13-20)14-21-22(28)27(23(29)25-21)15-17-6-10-19(11-7-17)18-4-2-1-3-5-18/h1-13,21,26H,14-15,24H2,(H,25,29). The van der Waals surface area contributed by atoms with Gasteiger partial charge in [0.1, 0.15) is 6.04 Å². The predicted molar refractivity (Wildman–Crippen MR) is 113 cm³/mol. The molecule has 1 heterocycles. The van der Waals surface area contributed by atoms with Crippen LogP contribution in [0.3, 0.4) is 0 Å². The summed E-state index contributed by atoms with van der Waals surface area (Å²) in [4.78, 5) is 26.4. The molecule has 1 atom stereocenters. The first kappa shape index (κ1) is 18.7. The highest BCUT2D eigenvalue weighted by atomic mass is 16.2. The molecular formula is C23H22N4O2. The van der Waals surface area contributed by atoms with Gasteiger partial charge in [0.25, 0.3) is 5.91 Å². The highest BCUT2D eigenvalue weighted by molar-refractivity contribution is 6.04. The van der Waals surface area contributed by atoms with E-state index in [1.165, 1.54) is 4.90 Å². The molecule has 29 heavy (non-hydrogen) atoms. The van der Waals surface area contributed by atoms with Crippen molar-refractivity contribution in [3.8, 4) is 11.1 Å². The number of nitrogens with one attached hydrogen (secondary N) is 2. The number of benzene rings is 3. The van der Waals surface area contributed by atoms with Crippen molar-refractivity contribution in [1.82, 2.24) is 10.2 Å². The van der Waals surface area contributed by atoms with Gasteiger partial charge in [0, 0.05) is 12.1 Å². The molecule has 1 unspecified atom stereocenters. The zero-order valence-corrected chi connectivity index (χ0v) is 15.8. The van der Waals surface area contributed by atoms with Gasteiger partial charge in [-0.05, 0) is 34.4 Å². The van der Waals surface area contributed by atoms with Crippen LogP contribution in [0.1, 0.15) is 11.1 Å². The Balaban J connectivity index is 1.42. The Hall–Kier alpha value is -3.64. The SMILES string of the molecule is NNc1ccc(CC2NC(=O)N(Cc3ccc(-c4ccccc4)cc3)C2=O)cc1. The van der Waals surface area contributed by atoms with E-state index in [0.29, 0.717) is 6.42 Å². The average molecular weight is 386 g/mol. The average Bonchev–Trinajstić information content (AvgIpc) is 3.03. The van der Waals surface area contributed by atoms with Crippen LogP contribution in [0.4, 0.5) is 10.5 Å². The summed E-state index contributed by atoms with van der Waals surface area (Å²) in [6, 6.07) is 24.5. The zero-order chi connectivity index (χ0) is 20.2. The highest BCUT2D eigenvalue weighted by Crippen LogP contribution is 2.21. The number of imide groups is 1. The Labute approximate surface area is 169 Å². The van der Waals surface area contributed by atoms with E-state index in [4.69, 9.17) is 5.84 Å². The van der Waals surface area contributed by atoms with Crippen molar-refractivity contribution >= 4 is 17.6 Å². The summed E-state index contributed by atoms with van der Waals surface area (Å²) >= 11 is 0. The Bertz CT molecular complexity index is 1000. The van der Waals surface area contributed by atoms with Gasteiger partial charge in [0.2, 0.25) is 0 Å². The first-order valence-corrected chi connectivity index (χ1v) is 9.46.